The van der Waals surface area contributed by atoms with E-state index in [9.17, 15) is 4.79 Å². The van der Waals surface area contributed by atoms with Crippen molar-refractivity contribution in [2.75, 3.05) is 0 Å². The second-order valence-electron chi connectivity index (χ2n) is 5.64. The van der Waals surface area contributed by atoms with Crippen LogP contribution < -0.4 is 0 Å². The van der Waals surface area contributed by atoms with Crippen LogP contribution in [0.3, 0.4) is 0 Å². The highest BCUT2D eigenvalue weighted by Crippen LogP contribution is 2.34. The van der Waals surface area contributed by atoms with Crippen LogP contribution in [0.15, 0.2) is 24.3 Å². The van der Waals surface area contributed by atoms with E-state index in [4.69, 9.17) is 0 Å². The maximum Gasteiger partial charge on any atom is 0.159 e. The SMILES string of the molecule is CC(=O)c1cccc(-c2c(C)c(C)c(C)c(C)c2C)c1. The molecule has 0 heterocycles. The Bertz CT molecular complexity index is 664. The van der Waals surface area contributed by atoms with Gasteiger partial charge in [-0.2, -0.15) is 0 Å². The number of hydrogen-bond acceptors (Lipinski definition) is 1. The van der Waals surface area contributed by atoms with Crippen molar-refractivity contribution in [2.24, 2.45) is 0 Å². The van der Waals surface area contributed by atoms with Gasteiger partial charge >= 0.3 is 0 Å². The van der Waals surface area contributed by atoms with Crippen molar-refractivity contribution < 1.29 is 4.79 Å². The quantitative estimate of drug-likeness (QED) is 0.691. The molecule has 0 atom stereocenters. The van der Waals surface area contributed by atoms with Crippen molar-refractivity contribution in [3.8, 4) is 11.1 Å². The van der Waals surface area contributed by atoms with Crippen LogP contribution in [0.1, 0.15) is 45.1 Å². The Morgan fingerprint density at radius 3 is 1.80 bits per heavy atom. The summed E-state index contributed by atoms with van der Waals surface area (Å²) in [5, 5.41) is 0. The minimum Gasteiger partial charge on any atom is -0.295 e. The molecule has 0 bridgehead atoms. The van der Waals surface area contributed by atoms with Crippen LogP contribution in [0, 0.1) is 34.6 Å². The van der Waals surface area contributed by atoms with Crippen molar-refractivity contribution in [2.45, 2.75) is 41.5 Å². The van der Waals surface area contributed by atoms with Crippen molar-refractivity contribution >= 4 is 5.78 Å². The molecule has 0 aliphatic rings. The predicted molar refractivity (Wildman–Crippen MR) is 85.6 cm³/mol. The van der Waals surface area contributed by atoms with Gasteiger partial charge in [0.25, 0.3) is 0 Å². The molecule has 0 spiro atoms. The molecule has 0 saturated carbocycles. The Morgan fingerprint density at radius 1 is 0.800 bits per heavy atom. The van der Waals surface area contributed by atoms with Crippen molar-refractivity contribution in [1.29, 1.82) is 0 Å². The number of carbonyl (C=O) groups is 1. The minimum absolute atomic E-state index is 0.114. The summed E-state index contributed by atoms with van der Waals surface area (Å²) in [5.41, 5.74) is 9.86. The lowest BCUT2D eigenvalue weighted by Gasteiger charge is -2.19. The van der Waals surface area contributed by atoms with Crippen LogP contribution in [0.4, 0.5) is 0 Å². The first kappa shape index (κ1) is 14.5. The first-order valence-electron chi connectivity index (χ1n) is 7.03. The summed E-state index contributed by atoms with van der Waals surface area (Å²) in [6.45, 7) is 12.5. The van der Waals surface area contributed by atoms with E-state index in [2.05, 4.69) is 40.7 Å². The minimum atomic E-state index is 0.114. The number of carbonyl (C=O) groups excluding carboxylic acids is 1. The van der Waals surface area contributed by atoms with E-state index in [0.29, 0.717) is 0 Å². The zero-order valence-electron chi connectivity index (χ0n) is 13.2. The van der Waals surface area contributed by atoms with E-state index in [0.717, 1.165) is 11.1 Å². The van der Waals surface area contributed by atoms with Gasteiger partial charge in [0, 0.05) is 5.56 Å². The molecule has 0 aliphatic heterocycles. The van der Waals surface area contributed by atoms with Crippen LogP contribution in [0.25, 0.3) is 11.1 Å². The second kappa shape index (κ2) is 5.24. The van der Waals surface area contributed by atoms with E-state index in [1.54, 1.807) is 6.92 Å². The van der Waals surface area contributed by atoms with Gasteiger partial charge < -0.3 is 0 Å². The lowest BCUT2D eigenvalue weighted by Crippen LogP contribution is -2.00. The molecular formula is C19H22O. The molecule has 2 rings (SSSR count). The van der Waals surface area contributed by atoms with Crippen molar-refractivity contribution in [3.63, 3.8) is 0 Å². The molecule has 2 aromatic rings. The molecule has 104 valence electrons. The Balaban J connectivity index is 2.76. The molecule has 1 heteroatoms. The Morgan fingerprint density at radius 2 is 1.30 bits per heavy atom. The van der Waals surface area contributed by atoms with Crippen LogP contribution in [-0.4, -0.2) is 5.78 Å². The zero-order chi connectivity index (χ0) is 15.0. The monoisotopic (exact) mass is 266 g/mol. The van der Waals surface area contributed by atoms with E-state index in [1.165, 1.54) is 33.4 Å². The van der Waals surface area contributed by atoms with Gasteiger partial charge in [0.1, 0.15) is 0 Å². The summed E-state index contributed by atoms with van der Waals surface area (Å²) in [5.74, 6) is 0.114. The molecule has 0 saturated heterocycles. The highest BCUT2D eigenvalue weighted by molar-refractivity contribution is 5.95. The summed E-state index contributed by atoms with van der Waals surface area (Å²) in [6.07, 6.45) is 0. The predicted octanol–water partition coefficient (Wildman–Crippen LogP) is 5.10. The number of hydrogen-bond donors (Lipinski definition) is 0. The molecule has 1 nitrogen and oxygen atoms in total. The van der Waals surface area contributed by atoms with E-state index >= 15 is 0 Å². The summed E-state index contributed by atoms with van der Waals surface area (Å²) in [6, 6.07) is 7.95. The van der Waals surface area contributed by atoms with Crippen LogP contribution in [-0.2, 0) is 0 Å². The highest BCUT2D eigenvalue weighted by atomic mass is 16.1. The Labute approximate surface area is 121 Å². The van der Waals surface area contributed by atoms with Gasteiger partial charge in [-0.15, -0.1) is 0 Å². The van der Waals surface area contributed by atoms with Crippen molar-refractivity contribution in [3.05, 3.63) is 57.6 Å². The van der Waals surface area contributed by atoms with Gasteiger partial charge in [-0.3, -0.25) is 4.79 Å². The third kappa shape index (κ3) is 2.29. The van der Waals surface area contributed by atoms with E-state index in [1.807, 2.05) is 18.2 Å². The van der Waals surface area contributed by atoms with Crippen LogP contribution in [0.2, 0.25) is 0 Å². The molecule has 0 unspecified atom stereocenters. The Hall–Kier alpha value is -1.89. The van der Waals surface area contributed by atoms with Gasteiger partial charge in [0.15, 0.2) is 5.78 Å². The average Bonchev–Trinajstić information content (AvgIpc) is 2.43. The number of Topliss-reactive ketones (excluding diaryl/α,β-unsaturated/α-hetero) is 1. The average molecular weight is 266 g/mol. The molecular weight excluding hydrogens is 244 g/mol. The molecule has 20 heavy (non-hydrogen) atoms. The zero-order valence-corrected chi connectivity index (χ0v) is 13.2. The topological polar surface area (TPSA) is 17.1 Å². The third-order valence-electron chi connectivity index (χ3n) is 4.56. The maximum absolute atomic E-state index is 11.6. The fourth-order valence-electron chi connectivity index (χ4n) is 2.83. The van der Waals surface area contributed by atoms with E-state index < -0.39 is 0 Å². The number of rotatable bonds is 2. The molecule has 2 aromatic carbocycles. The van der Waals surface area contributed by atoms with Crippen LogP contribution >= 0.6 is 0 Å². The summed E-state index contributed by atoms with van der Waals surface area (Å²) < 4.78 is 0. The smallest absolute Gasteiger partial charge is 0.159 e. The lowest BCUT2D eigenvalue weighted by atomic mass is 9.86. The first-order valence-corrected chi connectivity index (χ1v) is 7.03. The normalized spacial score (nSPS) is 10.7. The molecule has 0 N–H and O–H groups in total. The maximum atomic E-state index is 11.6. The van der Waals surface area contributed by atoms with Crippen molar-refractivity contribution in [1.82, 2.24) is 0 Å². The Kier molecular flexibility index (Phi) is 3.80. The molecule has 0 aliphatic carbocycles. The van der Waals surface area contributed by atoms with Gasteiger partial charge in [-0.25, -0.2) is 0 Å². The number of ketones is 1. The lowest BCUT2D eigenvalue weighted by molar-refractivity contribution is 0.101. The summed E-state index contributed by atoms with van der Waals surface area (Å²) >= 11 is 0. The van der Waals surface area contributed by atoms with E-state index in [-0.39, 0.29) is 5.78 Å². The first-order chi connectivity index (χ1) is 9.34. The molecule has 0 aromatic heterocycles. The second-order valence-corrected chi connectivity index (χ2v) is 5.64. The fourth-order valence-corrected chi connectivity index (χ4v) is 2.83. The number of benzene rings is 2. The third-order valence-corrected chi connectivity index (χ3v) is 4.56. The van der Waals surface area contributed by atoms with Gasteiger partial charge in [-0.1, -0.05) is 18.2 Å². The highest BCUT2D eigenvalue weighted by Gasteiger charge is 2.14. The standard InChI is InChI=1S/C19H22O/c1-11-12(2)14(4)19(15(5)13(11)3)18-9-7-8-17(10-18)16(6)20/h7-10H,1-6H3. The van der Waals surface area contributed by atoms with Gasteiger partial charge in [0.2, 0.25) is 0 Å². The largest absolute Gasteiger partial charge is 0.295 e. The molecule has 0 fully saturated rings. The van der Waals surface area contributed by atoms with Crippen LogP contribution in [0.5, 0.6) is 0 Å². The molecule has 0 radical (unpaired) electrons. The summed E-state index contributed by atoms with van der Waals surface area (Å²) in [4.78, 5) is 11.6. The van der Waals surface area contributed by atoms with Gasteiger partial charge in [-0.05, 0) is 86.6 Å². The molecule has 0 amide bonds. The summed E-state index contributed by atoms with van der Waals surface area (Å²) in [7, 11) is 0. The fraction of sp³-hybridized carbons (Fsp3) is 0.316. The van der Waals surface area contributed by atoms with Gasteiger partial charge in [0.05, 0.1) is 0 Å².